The second-order valence-corrected chi connectivity index (χ2v) is 15.6. The average molecular weight is 713 g/mol. The van der Waals surface area contributed by atoms with Gasteiger partial charge in [0.25, 0.3) is 0 Å². The molecule has 3 saturated heterocycles. The number of pyridine rings is 1. The van der Waals surface area contributed by atoms with Crippen LogP contribution in [-0.4, -0.2) is 93.4 Å². The first-order valence-electron chi connectivity index (χ1n) is 18.4. The van der Waals surface area contributed by atoms with Gasteiger partial charge < -0.3 is 24.5 Å². The Kier molecular flexibility index (Phi) is 8.88. The lowest BCUT2D eigenvalue weighted by Gasteiger charge is -2.42. The maximum atomic E-state index is 17.0. The highest BCUT2D eigenvalue weighted by Gasteiger charge is 2.46. The van der Waals surface area contributed by atoms with Crippen LogP contribution in [0.1, 0.15) is 64.4 Å². The number of halogens is 3. The molecule has 2 aromatic heterocycles. The van der Waals surface area contributed by atoms with E-state index in [0.29, 0.717) is 68.6 Å². The Morgan fingerprint density at radius 1 is 1.10 bits per heavy atom. The first-order chi connectivity index (χ1) is 25.0. The van der Waals surface area contributed by atoms with Crippen molar-refractivity contribution < 1.29 is 27.8 Å². The topological polar surface area (TPSA) is 94.9 Å². The number of hydrogen-bond acceptors (Lipinski definition) is 8. The Morgan fingerprint density at radius 3 is 2.50 bits per heavy atom. The van der Waals surface area contributed by atoms with Gasteiger partial charge in [-0.05, 0) is 68.0 Å². The number of aromatic hydroxyl groups is 1. The summed E-state index contributed by atoms with van der Waals surface area (Å²) in [6.07, 6.45) is 11.7. The minimum absolute atomic E-state index is 0.00426. The summed E-state index contributed by atoms with van der Waals surface area (Å²) in [4.78, 5) is 33.7. The van der Waals surface area contributed by atoms with Crippen molar-refractivity contribution in [2.45, 2.75) is 77.0 Å². The second-order valence-electron chi connectivity index (χ2n) is 15.6. The maximum absolute atomic E-state index is 17.0. The zero-order chi connectivity index (χ0) is 36.3. The molecule has 4 aliphatic rings. The molecule has 0 spiro atoms. The van der Waals surface area contributed by atoms with Gasteiger partial charge in [-0.15, -0.1) is 6.42 Å². The van der Waals surface area contributed by atoms with E-state index >= 15 is 4.39 Å². The van der Waals surface area contributed by atoms with Crippen LogP contribution in [0, 0.1) is 35.3 Å². The van der Waals surface area contributed by atoms with E-state index in [-0.39, 0.29) is 68.8 Å². The van der Waals surface area contributed by atoms with Crippen LogP contribution in [-0.2, 0) is 4.79 Å². The van der Waals surface area contributed by atoms with Gasteiger partial charge in [-0.2, -0.15) is 9.97 Å². The number of fused-ring (bicyclic) bond motifs is 4. The summed E-state index contributed by atoms with van der Waals surface area (Å²) in [6, 6.07) is 5.48. The molecule has 2 bridgehead atoms. The van der Waals surface area contributed by atoms with Gasteiger partial charge in [-0.25, -0.2) is 13.2 Å². The van der Waals surface area contributed by atoms with Crippen LogP contribution in [0.2, 0.25) is 0 Å². The molecule has 2 unspecified atom stereocenters. The van der Waals surface area contributed by atoms with Crippen molar-refractivity contribution in [3.05, 3.63) is 47.7 Å². The van der Waals surface area contributed by atoms with E-state index in [1.165, 1.54) is 30.5 Å². The summed E-state index contributed by atoms with van der Waals surface area (Å²) in [6.45, 7) is 7.67. The summed E-state index contributed by atoms with van der Waals surface area (Å²) in [5, 5.41) is 11.7. The zero-order valence-corrected chi connectivity index (χ0v) is 29.5. The fourth-order valence-electron chi connectivity index (χ4n) is 8.48. The highest BCUT2D eigenvalue weighted by molar-refractivity contribution is 6.03. The molecule has 5 heterocycles. The van der Waals surface area contributed by atoms with Crippen molar-refractivity contribution in [2.75, 3.05) is 44.2 Å². The van der Waals surface area contributed by atoms with Crippen molar-refractivity contribution in [2.24, 2.45) is 11.3 Å². The zero-order valence-electron chi connectivity index (χ0n) is 29.5. The molecule has 2 atom stereocenters. The number of piperidine rings is 1. The molecule has 12 heteroatoms. The minimum Gasteiger partial charge on any atom is -0.508 e. The summed E-state index contributed by atoms with van der Waals surface area (Å²) in [5.74, 6) is 1.67. The van der Waals surface area contributed by atoms with E-state index in [1.807, 2.05) is 18.7 Å². The number of rotatable bonds is 9. The largest absolute Gasteiger partial charge is 0.508 e. The quantitative estimate of drug-likeness (QED) is 0.194. The van der Waals surface area contributed by atoms with Crippen LogP contribution < -0.4 is 9.64 Å². The lowest BCUT2D eigenvalue weighted by molar-refractivity contribution is -0.135. The molecule has 0 radical (unpaired) electrons. The fourth-order valence-corrected chi connectivity index (χ4v) is 8.48. The molecule has 1 aliphatic carbocycles. The Morgan fingerprint density at radius 2 is 1.83 bits per heavy atom. The van der Waals surface area contributed by atoms with E-state index < -0.39 is 17.8 Å². The number of aromatic nitrogens is 3. The van der Waals surface area contributed by atoms with E-state index in [2.05, 4.69) is 25.7 Å². The normalized spacial score (nSPS) is 21.6. The number of amides is 1. The number of terminal acetylenes is 1. The highest BCUT2D eigenvalue weighted by atomic mass is 19.1. The van der Waals surface area contributed by atoms with Crippen molar-refractivity contribution in [3.8, 4) is 35.4 Å². The Labute approximate surface area is 301 Å². The minimum atomic E-state index is -0.783. The van der Waals surface area contributed by atoms with Gasteiger partial charge in [0.15, 0.2) is 5.82 Å². The number of likely N-dealkylation sites (tertiary alicyclic amines) is 1. The molecule has 1 saturated carbocycles. The summed E-state index contributed by atoms with van der Waals surface area (Å²) in [7, 11) is 0. The van der Waals surface area contributed by atoms with Gasteiger partial charge in [0.1, 0.15) is 34.8 Å². The van der Waals surface area contributed by atoms with Crippen molar-refractivity contribution in [1.82, 2.24) is 24.8 Å². The standard InChI is InChI=1S/C40H43F3N6O3/c1-4-29-32(42)8-5-24-16-28(50)17-30(34(24)29)36-35(43)37-31(18-44-36)38(48-19-26-6-7-27(20-48)49(26)33(51)15-23(2)3)46-39(45-37)52-22-40(11-12-40)21-47-13-9-25(41)10-14-47/h1,5,8,16-18,23,25-27,50H,6-7,9-15,19-22H2,2-3H3. The lowest BCUT2D eigenvalue weighted by atomic mass is 9.96. The van der Waals surface area contributed by atoms with Crippen LogP contribution in [0.5, 0.6) is 11.8 Å². The third-order valence-electron chi connectivity index (χ3n) is 11.3. The molecule has 8 rings (SSSR count). The number of alkyl halides is 1. The SMILES string of the molecule is C#Cc1c(F)ccc2cc(O)cc(-c3ncc4c(N5CC6CCC(C5)N6C(=O)CC(C)C)nc(OCC5(CN6CCC(F)CC6)CC5)nc4c3F)c12. The number of carbonyl (C=O) groups is 1. The molecule has 4 fully saturated rings. The van der Waals surface area contributed by atoms with Gasteiger partial charge in [0, 0.05) is 73.8 Å². The van der Waals surface area contributed by atoms with Crippen molar-refractivity contribution in [1.29, 1.82) is 0 Å². The Balaban J connectivity index is 1.19. The molecule has 4 aromatic rings. The molecule has 9 nitrogen and oxygen atoms in total. The van der Waals surface area contributed by atoms with Crippen LogP contribution in [0.25, 0.3) is 32.9 Å². The Bertz CT molecular complexity index is 2080. The summed E-state index contributed by atoms with van der Waals surface area (Å²) in [5.41, 5.74) is -0.215. The molecule has 272 valence electrons. The first kappa shape index (κ1) is 34.5. The molecule has 3 aliphatic heterocycles. The van der Waals surface area contributed by atoms with E-state index in [4.69, 9.17) is 16.1 Å². The van der Waals surface area contributed by atoms with Crippen LogP contribution in [0.15, 0.2) is 30.5 Å². The predicted molar refractivity (Wildman–Crippen MR) is 193 cm³/mol. The maximum Gasteiger partial charge on any atom is 0.319 e. The molecule has 1 amide bonds. The monoisotopic (exact) mass is 712 g/mol. The number of hydrogen-bond donors (Lipinski definition) is 1. The van der Waals surface area contributed by atoms with Crippen molar-refractivity contribution >= 4 is 33.4 Å². The lowest BCUT2D eigenvalue weighted by Crippen LogP contribution is -2.56. The number of carbonyl (C=O) groups excluding carboxylic acids is 1. The van der Waals surface area contributed by atoms with Gasteiger partial charge in [-0.1, -0.05) is 25.8 Å². The molecular formula is C40H43F3N6O3. The number of phenols is 1. The van der Waals surface area contributed by atoms with Crippen LogP contribution in [0.3, 0.4) is 0 Å². The van der Waals surface area contributed by atoms with Crippen LogP contribution >= 0.6 is 0 Å². The predicted octanol–water partition coefficient (Wildman–Crippen LogP) is 6.63. The van der Waals surface area contributed by atoms with Gasteiger partial charge in [0.2, 0.25) is 5.91 Å². The number of phenolic OH excluding ortho intramolecular Hbond substituents is 1. The molecule has 1 N–H and O–H groups in total. The average Bonchev–Trinajstić information content (AvgIpc) is 3.83. The van der Waals surface area contributed by atoms with Gasteiger partial charge >= 0.3 is 6.01 Å². The number of anilines is 1. The Hall–Kier alpha value is -4.63. The van der Waals surface area contributed by atoms with Gasteiger partial charge in [-0.3, -0.25) is 9.78 Å². The van der Waals surface area contributed by atoms with Crippen molar-refractivity contribution in [3.63, 3.8) is 0 Å². The van der Waals surface area contributed by atoms with E-state index in [9.17, 15) is 18.7 Å². The molecule has 52 heavy (non-hydrogen) atoms. The summed E-state index contributed by atoms with van der Waals surface area (Å²) < 4.78 is 52.1. The fraction of sp³-hybridized carbons (Fsp3) is 0.500. The second kappa shape index (κ2) is 13.4. The number of nitrogens with zero attached hydrogens (tertiary/aromatic N) is 6. The van der Waals surface area contributed by atoms with E-state index in [0.717, 1.165) is 32.2 Å². The molecule has 2 aromatic carbocycles. The summed E-state index contributed by atoms with van der Waals surface area (Å²) >= 11 is 0. The number of ether oxygens (including phenoxy) is 1. The van der Waals surface area contributed by atoms with E-state index in [1.54, 1.807) is 0 Å². The molecular weight excluding hydrogens is 669 g/mol. The van der Waals surface area contributed by atoms with Gasteiger partial charge in [0.05, 0.1) is 17.6 Å². The van der Waals surface area contributed by atoms with Crippen LogP contribution in [0.4, 0.5) is 19.0 Å². The number of benzene rings is 2. The third kappa shape index (κ3) is 6.37. The smallest absolute Gasteiger partial charge is 0.319 e. The highest BCUT2D eigenvalue weighted by Crippen LogP contribution is 2.47. The third-order valence-corrected chi connectivity index (χ3v) is 11.3. The number of piperazine rings is 1. The first-order valence-corrected chi connectivity index (χ1v) is 18.4.